The molecule has 0 amide bonds. The molecule has 1 unspecified atom stereocenters. The van der Waals surface area contributed by atoms with Gasteiger partial charge in [-0.3, -0.25) is 4.99 Å². The van der Waals surface area contributed by atoms with Gasteiger partial charge in [-0.15, -0.1) is 24.0 Å². The summed E-state index contributed by atoms with van der Waals surface area (Å²) in [6.07, 6.45) is 2.62. The summed E-state index contributed by atoms with van der Waals surface area (Å²) in [4.78, 5) is 6.88. The predicted molar refractivity (Wildman–Crippen MR) is 106 cm³/mol. The highest BCUT2D eigenvalue weighted by Gasteiger charge is 2.42. The lowest BCUT2D eigenvalue weighted by molar-refractivity contribution is 0.156. The third kappa shape index (κ3) is 5.03. The van der Waals surface area contributed by atoms with Crippen LogP contribution in [0, 0.1) is 17.0 Å². The Kier molecular flexibility index (Phi) is 7.42. The van der Waals surface area contributed by atoms with Crippen LogP contribution in [-0.4, -0.2) is 50.3 Å². The van der Waals surface area contributed by atoms with E-state index in [0.29, 0.717) is 18.5 Å². The van der Waals surface area contributed by atoms with Crippen molar-refractivity contribution in [3.05, 3.63) is 35.4 Å². The number of likely N-dealkylation sites (tertiary alicyclic amines) is 1. The van der Waals surface area contributed by atoms with Gasteiger partial charge in [0.05, 0.1) is 6.61 Å². The summed E-state index contributed by atoms with van der Waals surface area (Å²) >= 11 is 0. The molecule has 1 N–H and O–H groups in total. The van der Waals surface area contributed by atoms with Crippen LogP contribution in [0.3, 0.4) is 0 Å². The molecule has 25 heavy (non-hydrogen) atoms. The first-order valence-corrected chi connectivity index (χ1v) is 8.67. The quantitative estimate of drug-likeness (QED) is 0.422. The summed E-state index contributed by atoms with van der Waals surface area (Å²) in [6.45, 7) is 6.84. The van der Waals surface area contributed by atoms with Gasteiger partial charge in [-0.25, -0.2) is 8.78 Å². The monoisotopic (exact) mass is 465 g/mol. The Hall–Kier alpha value is -0.960. The summed E-state index contributed by atoms with van der Waals surface area (Å²) in [5.41, 5.74) is 0.641. The van der Waals surface area contributed by atoms with E-state index in [1.54, 1.807) is 0 Å². The lowest BCUT2D eigenvalue weighted by Gasteiger charge is -2.25. The summed E-state index contributed by atoms with van der Waals surface area (Å²) in [6, 6.07) is 3.56. The molecule has 7 heteroatoms. The van der Waals surface area contributed by atoms with Crippen LogP contribution in [-0.2, 0) is 11.2 Å². The van der Waals surface area contributed by atoms with Gasteiger partial charge in [-0.05, 0) is 49.9 Å². The fourth-order valence-electron chi connectivity index (χ4n) is 3.53. The molecular weight excluding hydrogens is 439 g/mol. The molecule has 2 aliphatic heterocycles. The third-order valence-electron chi connectivity index (χ3n) is 4.91. The Bertz CT molecular complexity index is 606. The normalized spacial score (nSPS) is 23.2. The first-order chi connectivity index (χ1) is 11.6. The molecule has 1 aromatic carbocycles. The number of ether oxygens (including phenoxy) is 1. The minimum atomic E-state index is -0.412. The van der Waals surface area contributed by atoms with E-state index in [2.05, 4.69) is 15.2 Å². The summed E-state index contributed by atoms with van der Waals surface area (Å²) < 4.78 is 32.5. The van der Waals surface area contributed by atoms with Crippen molar-refractivity contribution in [2.45, 2.75) is 26.2 Å². The van der Waals surface area contributed by atoms with Gasteiger partial charge in [-0.1, -0.05) is 0 Å². The van der Waals surface area contributed by atoms with Gasteiger partial charge < -0.3 is 15.0 Å². The minimum Gasteiger partial charge on any atom is -0.381 e. The molecule has 2 fully saturated rings. The Morgan fingerprint density at radius 1 is 1.36 bits per heavy atom. The molecule has 0 radical (unpaired) electrons. The molecule has 0 bridgehead atoms. The molecule has 0 aromatic heterocycles. The maximum Gasteiger partial charge on any atom is 0.193 e. The lowest BCUT2D eigenvalue weighted by Crippen LogP contribution is -2.41. The van der Waals surface area contributed by atoms with Crippen molar-refractivity contribution in [3.8, 4) is 0 Å². The zero-order chi connectivity index (χ0) is 17.0. The Morgan fingerprint density at radius 2 is 2.20 bits per heavy atom. The molecule has 3 rings (SSSR count). The molecular formula is C18H26F2IN3O. The first kappa shape index (κ1) is 20.4. The first-order valence-electron chi connectivity index (χ1n) is 8.67. The maximum absolute atomic E-state index is 13.7. The van der Waals surface area contributed by atoms with Gasteiger partial charge in [0.1, 0.15) is 11.6 Å². The van der Waals surface area contributed by atoms with Crippen LogP contribution in [0.25, 0.3) is 0 Å². The fourth-order valence-corrected chi connectivity index (χ4v) is 3.53. The molecule has 0 aliphatic carbocycles. The van der Waals surface area contributed by atoms with Crippen LogP contribution in [0.5, 0.6) is 0 Å². The van der Waals surface area contributed by atoms with E-state index in [9.17, 15) is 8.78 Å². The van der Waals surface area contributed by atoms with E-state index in [-0.39, 0.29) is 35.2 Å². The van der Waals surface area contributed by atoms with Gasteiger partial charge in [0.15, 0.2) is 5.96 Å². The van der Waals surface area contributed by atoms with Gasteiger partial charge in [-0.2, -0.15) is 0 Å². The number of nitrogens with one attached hydrogen (secondary N) is 1. The molecule has 2 heterocycles. The predicted octanol–water partition coefficient (Wildman–Crippen LogP) is 3.20. The Labute approximate surface area is 165 Å². The van der Waals surface area contributed by atoms with Crippen LogP contribution in [0.1, 0.15) is 25.3 Å². The number of rotatable bonds is 4. The van der Waals surface area contributed by atoms with Crippen molar-refractivity contribution in [1.29, 1.82) is 0 Å². The molecule has 2 saturated heterocycles. The van der Waals surface area contributed by atoms with E-state index >= 15 is 0 Å². The molecule has 4 nitrogen and oxygen atoms in total. The van der Waals surface area contributed by atoms with Crippen LogP contribution in [0.15, 0.2) is 23.2 Å². The minimum absolute atomic E-state index is 0. The second-order valence-electron chi connectivity index (χ2n) is 6.70. The second kappa shape index (κ2) is 9.12. The third-order valence-corrected chi connectivity index (χ3v) is 4.91. The highest BCUT2D eigenvalue weighted by molar-refractivity contribution is 14.0. The second-order valence-corrected chi connectivity index (χ2v) is 6.70. The van der Waals surface area contributed by atoms with Gasteiger partial charge in [0.25, 0.3) is 0 Å². The van der Waals surface area contributed by atoms with E-state index in [0.717, 1.165) is 57.7 Å². The van der Waals surface area contributed by atoms with E-state index in [1.807, 2.05) is 6.92 Å². The van der Waals surface area contributed by atoms with E-state index < -0.39 is 5.82 Å². The highest BCUT2D eigenvalue weighted by atomic mass is 127. The molecule has 2 aliphatic rings. The van der Waals surface area contributed by atoms with Crippen molar-refractivity contribution >= 4 is 29.9 Å². The molecule has 1 spiro atoms. The van der Waals surface area contributed by atoms with Gasteiger partial charge in [0, 0.05) is 38.2 Å². The number of halogens is 3. The highest BCUT2D eigenvalue weighted by Crippen LogP contribution is 2.38. The average molecular weight is 465 g/mol. The van der Waals surface area contributed by atoms with Crippen LogP contribution in [0.4, 0.5) is 8.78 Å². The SMILES string of the molecule is CCNC(=NCCc1cc(F)ccc1F)N1CCC2(CCOC2)C1.I. The lowest BCUT2D eigenvalue weighted by atomic mass is 9.87. The van der Waals surface area contributed by atoms with Gasteiger partial charge in [0.2, 0.25) is 0 Å². The molecule has 1 atom stereocenters. The van der Waals surface area contributed by atoms with Crippen molar-refractivity contribution < 1.29 is 13.5 Å². The largest absolute Gasteiger partial charge is 0.381 e. The fraction of sp³-hybridized carbons (Fsp3) is 0.611. The summed E-state index contributed by atoms with van der Waals surface area (Å²) in [7, 11) is 0. The Balaban J connectivity index is 0.00000225. The van der Waals surface area contributed by atoms with Crippen molar-refractivity contribution in [1.82, 2.24) is 10.2 Å². The smallest absolute Gasteiger partial charge is 0.193 e. The average Bonchev–Trinajstić information content (AvgIpc) is 3.20. The maximum atomic E-state index is 13.7. The number of nitrogens with zero attached hydrogens (tertiary/aromatic N) is 2. The van der Waals surface area contributed by atoms with Crippen molar-refractivity contribution in [3.63, 3.8) is 0 Å². The standard InChI is InChI=1S/C18H25F2N3O.HI/c1-2-21-17(23-9-6-18(12-23)7-10-24-13-18)22-8-5-14-11-15(19)3-4-16(14)20;/h3-4,11H,2,5-10,12-13H2,1H3,(H,21,22);1H. The topological polar surface area (TPSA) is 36.9 Å². The zero-order valence-electron chi connectivity index (χ0n) is 14.6. The van der Waals surface area contributed by atoms with Crippen LogP contribution < -0.4 is 5.32 Å². The number of hydrogen-bond acceptors (Lipinski definition) is 2. The van der Waals surface area contributed by atoms with Crippen LogP contribution in [0.2, 0.25) is 0 Å². The van der Waals surface area contributed by atoms with Crippen molar-refractivity contribution in [2.75, 3.05) is 39.4 Å². The number of benzene rings is 1. The number of guanidine groups is 1. The zero-order valence-corrected chi connectivity index (χ0v) is 16.9. The van der Waals surface area contributed by atoms with Gasteiger partial charge >= 0.3 is 0 Å². The molecule has 140 valence electrons. The summed E-state index contributed by atoms with van der Waals surface area (Å²) in [5, 5.41) is 3.31. The van der Waals surface area contributed by atoms with Crippen molar-refractivity contribution in [2.24, 2.45) is 10.4 Å². The van der Waals surface area contributed by atoms with Crippen LogP contribution >= 0.6 is 24.0 Å². The number of aliphatic imine (C=N–C) groups is 1. The molecule has 1 aromatic rings. The van der Waals surface area contributed by atoms with E-state index in [4.69, 9.17) is 4.74 Å². The molecule has 0 saturated carbocycles. The number of hydrogen-bond donors (Lipinski definition) is 1. The van der Waals surface area contributed by atoms with E-state index in [1.165, 1.54) is 12.1 Å². The summed E-state index contributed by atoms with van der Waals surface area (Å²) in [5.74, 6) is 0.0721. The Morgan fingerprint density at radius 3 is 2.92 bits per heavy atom.